The van der Waals surface area contributed by atoms with Crippen LogP contribution in [0.25, 0.3) is 10.9 Å². The summed E-state index contributed by atoms with van der Waals surface area (Å²) in [6, 6.07) is 7.25. The van der Waals surface area contributed by atoms with E-state index < -0.39 is 0 Å². The number of halogens is 1. The summed E-state index contributed by atoms with van der Waals surface area (Å²) in [5.41, 5.74) is 2.38. The van der Waals surface area contributed by atoms with Crippen LogP contribution in [0, 0.1) is 12.7 Å². The zero-order valence-electron chi connectivity index (χ0n) is 13.1. The second-order valence-electron chi connectivity index (χ2n) is 6.18. The number of nitrogens with one attached hydrogen (secondary N) is 1. The number of piperidine rings is 1. The summed E-state index contributed by atoms with van der Waals surface area (Å²) in [4.78, 5) is 14.4. The van der Waals surface area contributed by atoms with Gasteiger partial charge >= 0.3 is 0 Å². The van der Waals surface area contributed by atoms with E-state index in [1.165, 1.54) is 6.07 Å². The van der Waals surface area contributed by atoms with Gasteiger partial charge in [-0.05, 0) is 31.9 Å². The van der Waals surface area contributed by atoms with Gasteiger partial charge < -0.3 is 9.88 Å². The van der Waals surface area contributed by atoms with Gasteiger partial charge in [0.05, 0.1) is 0 Å². The van der Waals surface area contributed by atoms with E-state index in [0.717, 1.165) is 48.5 Å². The molecule has 4 rings (SSSR count). The maximum absolute atomic E-state index is 14.1. The lowest BCUT2D eigenvalue weighted by Crippen LogP contribution is -2.35. The third-order valence-corrected chi connectivity index (χ3v) is 4.56. The van der Waals surface area contributed by atoms with Crippen molar-refractivity contribution < 1.29 is 4.39 Å². The fourth-order valence-corrected chi connectivity index (χ4v) is 3.50. The van der Waals surface area contributed by atoms with Crippen LogP contribution < -0.4 is 4.90 Å². The highest BCUT2D eigenvalue weighted by atomic mass is 19.1. The Hall–Kier alpha value is -2.43. The number of rotatable bonds is 2. The van der Waals surface area contributed by atoms with Gasteiger partial charge in [0.25, 0.3) is 0 Å². The minimum Gasteiger partial charge on any atom is -0.370 e. The molecule has 1 aliphatic rings. The zero-order valence-corrected chi connectivity index (χ0v) is 13.1. The first-order chi connectivity index (χ1) is 11.2. The molecule has 2 aromatic heterocycles. The minimum atomic E-state index is -0.257. The standard InChI is InChI=1S/C18H19FN4/c1-12-10-16(14-5-2-6-15(19)17(14)22-12)23-9-3-4-13(11-23)18-20-7-8-21-18/h2,5-8,10,13H,3-4,9,11H2,1H3,(H,20,21). The van der Waals surface area contributed by atoms with E-state index in [-0.39, 0.29) is 5.82 Å². The average Bonchev–Trinajstić information content (AvgIpc) is 3.10. The van der Waals surface area contributed by atoms with Gasteiger partial charge in [-0.2, -0.15) is 0 Å². The molecule has 1 unspecified atom stereocenters. The zero-order chi connectivity index (χ0) is 15.8. The van der Waals surface area contributed by atoms with Gasteiger partial charge in [-0.15, -0.1) is 0 Å². The lowest BCUT2D eigenvalue weighted by Gasteiger charge is -2.34. The SMILES string of the molecule is Cc1cc(N2CCCC(c3ncc[nH]3)C2)c2cccc(F)c2n1. The van der Waals surface area contributed by atoms with Crippen LogP contribution in [0.1, 0.15) is 30.3 Å². The lowest BCUT2D eigenvalue weighted by atomic mass is 9.96. The Kier molecular flexibility index (Phi) is 3.48. The number of hydrogen-bond donors (Lipinski definition) is 1. The van der Waals surface area contributed by atoms with Crippen molar-refractivity contribution in [1.29, 1.82) is 0 Å². The van der Waals surface area contributed by atoms with E-state index >= 15 is 0 Å². The topological polar surface area (TPSA) is 44.8 Å². The van der Waals surface area contributed by atoms with Crippen LogP contribution in [-0.4, -0.2) is 28.0 Å². The molecule has 3 aromatic rings. The number of nitrogens with zero attached hydrogens (tertiary/aromatic N) is 3. The summed E-state index contributed by atoms with van der Waals surface area (Å²) in [5, 5.41) is 0.885. The largest absolute Gasteiger partial charge is 0.370 e. The first kappa shape index (κ1) is 14.2. The molecule has 23 heavy (non-hydrogen) atoms. The molecule has 1 aromatic carbocycles. The molecule has 0 radical (unpaired) electrons. The van der Waals surface area contributed by atoms with Gasteiger partial charge in [-0.25, -0.2) is 14.4 Å². The molecule has 1 aliphatic heterocycles. The smallest absolute Gasteiger partial charge is 0.149 e. The van der Waals surface area contributed by atoms with Gasteiger partial charge in [0, 0.05) is 48.2 Å². The predicted octanol–water partition coefficient (Wildman–Crippen LogP) is 3.79. The van der Waals surface area contributed by atoms with E-state index in [1.807, 2.05) is 19.2 Å². The van der Waals surface area contributed by atoms with Gasteiger partial charge in [-0.1, -0.05) is 12.1 Å². The summed E-state index contributed by atoms with van der Waals surface area (Å²) in [6.45, 7) is 3.79. The van der Waals surface area contributed by atoms with Crippen molar-refractivity contribution in [2.45, 2.75) is 25.7 Å². The van der Waals surface area contributed by atoms with Gasteiger partial charge in [0.1, 0.15) is 17.2 Å². The van der Waals surface area contributed by atoms with E-state index in [2.05, 4.69) is 25.9 Å². The molecule has 3 heterocycles. The number of aryl methyl sites for hydroxylation is 1. The van der Waals surface area contributed by atoms with Crippen molar-refractivity contribution in [2.24, 2.45) is 0 Å². The molecule has 1 atom stereocenters. The van der Waals surface area contributed by atoms with Crippen molar-refractivity contribution in [2.75, 3.05) is 18.0 Å². The molecule has 1 fully saturated rings. The number of aromatic nitrogens is 3. The molecule has 0 spiro atoms. The van der Waals surface area contributed by atoms with Crippen molar-refractivity contribution in [1.82, 2.24) is 15.0 Å². The Bertz CT molecular complexity index is 828. The summed E-state index contributed by atoms with van der Waals surface area (Å²) >= 11 is 0. The number of para-hydroxylation sites is 1. The molecular formula is C18H19FN4. The molecule has 1 N–H and O–H groups in total. The summed E-state index contributed by atoms with van der Waals surface area (Å²) in [5.74, 6) is 1.17. The predicted molar refractivity (Wildman–Crippen MR) is 89.2 cm³/mol. The van der Waals surface area contributed by atoms with Crippen LogP contribution >= 0.6 is 0 Å². The van der Waals surface area contributed by atoms with Crippen LogP contribution in [0.15, 0.2) is 36.7 Å². The molecule has 0 aliphatic carbocycles. The van der Waals surface area contributed by atoms with E-state index in [0.29, 0.717) is 11.4 Å². The molecule has 0 amide bonds. The number of imidazole rings is 1. The number of pyridine rings is 1. The fraction of sp³-hybridized carbons (Fsp3) is 0.333. The number of benzene rings is 1. The number of H-pyrrole nitrogens is 1. The highest BCUT2D eigenvalue weighted by Crippen LogP contribution is 2.33. The average molecular weight is 310 g/mol. The van der Waals surface area contributed by atoms with Crippen LogP contribution in [0.3, 0.4) is 0 Å². The molecule has 0 saturated carbocycles. The molecule has 1 saturated heterocycles. The van der Waals surface area contributed by atoms with Crippen LogP contribution in [0.5, 0.6) is 0 Å². The maximum Gasteiger partial charge on any atom is 0.149 e. The second kappa shape index (κ2) is 5.65. The Balaban J connectivity index is 1.75. The first-order valence-electron chi connectivity index (χ1n) is 8.02. The molecule has 5 heteroatoms. The summed E-state index contributed by atoms with van der Waals surface area (Å²) in [7, 11) is 0. The minimum absolute atomic E-state index is 0.257. The Morgan fingerprint density at radius 1 is 1.35 bits per heavy atom. The molecule has 118 valence electrons. The Morgan fingerprint density at radius 2 is 2.26 bits per heavy atom. The third kappa shape index (κ3) is 2.56. The Morgan fingerprint density at radius 3 is 3.09 bits per heavy atom. The normalized spacial score (nSPS) is 18.5. The quantitative estimate of drug-likeness (QED) is 0.783. The number of aromatic amines is 1. The molecule has 4 nitrogen and oxygen atoms in total. The Labute approximate surface area is 134 Å². The van der Waals surface area contributed by atoms with E-state index in [1.54, 1.807) is 12.3 Å². The van der Waals surface area contributed by atoms with Gasteiger partial charge in [-0.3, -0.25) is 0 Å². The van der Waals surface area contributed by atoms with E-state index in [9.17, 15) is 4.39 Å². The fourth-order valence-electron chi connectivity index (χ4n) is 3.50. The van der Waals surface area contributed by atoms with Gasteiger partial charge in [0.2, 0.25) is 0 Å². The van der Waals surface area contributed by atoms with Crippen LogP contribution in [0.2, 0.25) is 0 Å². The van der Waals surface area contributed by atoms with Gasteiger partial charge in [0.15, 0.2) is 0 Å². The van der Waals surface area contributed by atoms with Crippen molar-refractivity contribution in [3.05, 3.63) is 54.0 Å². The number of fused-ring (bicyclic) bond motifs is 1. The summed E-state index contributed by atoms with van der Waals surface area (Å²) < 4.78 is 14.1. The van der Waals surface area contributed by atoms with Crippen LogP contribution in [0.4, 0.5) is 10.1 Å². The highest BCUT2D eigenvalue weighted by Gasteiger charge is 2.24. The third-order valence-electron chi connectivity index (χ3n) is 4.56. The monoisotopic (exact) mass is 310 g/mol. The lowest BCUT2D eigenvalue weighted by molar-refractivity contribution is 0.495. The van der Waals surface area contributed by atoms with Crippen molar-refractivity contribution >= 4 is 16.6 Å². The second-order valence-corrected chi connectivity index (χ2v) is 6.18. The van der Waals surface area contributed by atoms with E-state index in [4.69, 9.17) is 0 Å². The highest BCUT2D eigenvalue weighted by molar-refractivity contribution is 5.92. The molecule has 0 bridgehead atoms. The maximum atomic E-state index is 14.1. The number of hydrogen-bond acceptors (Lipinski definition) is 3. The molecular weight excluding hydrogens is 291 g/mol. The van der Waals surface area contributed by atoms with Crippen molar-refractivity contribution in [3.63, 3.8) is 0 Å². The van der Waals surface area contributed by atoms with Crippen molar-refractivity contribution in [3.8, 4) is 0 Å². The number of anilines is 1. The summed E-state index contributed by atoms with van der Waals surface area (Å²) in [6.07, 6.45) is 5.90. The first-order valence-corrected chi connectivity index (χ1v) is 8.02. The van der Waals surface area contributed by atoms with Crippen LogP contribution in [-0.2, 0) is 0 Å².